The fourth-order valence-corrected chi connectivity index (χ4v) is 5.82. The van der Waals surface area contributed by atoms with Crippen LogP contribution in [0.15, 0.2) is 52.4 Å². The molecule has 5 rings (SSSR count). The molecule has 1 aromatic heterocycles. The molecule has 1 aliphatic heterocycles. The highest BCUT2D eigenvalue weighted by Crippen LogP contribution is 2.24. The summed E-state index contributed by atoms with van der Waals surface area (Å²) in [5.41, 5.74) is 1.28. The number of thioether (sulfide) groups is 1. The Morgan fingerprint density at radius 3 is 2.53 bits per heavy atom. The van der Waals surface area contributed by atoms with Gasteiger partial charge in [-0.1, -0.05) is 36.2 Å². The predicted octanol–water partition coefficient (Wildman–Crippen LogP) is 4.88. The molecule has 2 fully saturated rings. The number of aromatic nitrogens is 2. The molecule has 0 unspecified atom stereocenters. The summed E-state index contributed by atoms with van der Waals surface area (Å²) in [5, 5.41) is 4.54. The molecule has 188 valence electrons. The molecule has 2 heterocycles. The van der Waals surface area contributed by atoms with Gasteiger partial charge < -0.3 is 10.1 Å². The molecule has 7 nitrogen and oxygen atoms in total. The summed E-state index contributed by atoms with van der Waals surface area (Å²) in [7, 11) is 0. The third-order valence-electron chi connectivity index (χ3n) is 6.78. The molecule has 1 saturated heterocycles. The zero-order valence-corrected chi connectivity index (χ0v) is 21.4. The van der Waals surface area contributed by atoms with Crippen LogP contribution in [0.5, 0.6) is 0 Å². The van der Waals surface area contributed by atoms with Gasteiger partial charge in [0.15, 0.2) is 10.9 Å². The molecule has 1 aliphatic carbocycles. The van der Waals surface area contributed by atoms with Crippen molar-refractivity contribution in [1.82, 2.24) is 14.9 Å². The number of ketones is 1. The number of ether oxygens (including phenoxy) is 1. The number of fused-ring (bicyclic) bond motifs is 1. The molecule has 3 aromatic rings. The maximum atomic E-state index is 13.5. The highest BCUT2D eigenvalue weighted by molar-refractivity contribution is 7.99. The van der Waals surface area contributed by atoms with E-state index in [2.05, 4.69) is 5.32 Å². The van der Waals surface area contributed by atoms with E-state index in [-0.39, 0.29) is 35.1 Å². The lowest BCUT2D eigenvalue weighted by atomic mass is 10.1. The van der Waals surface area contributed by atoms with Gasteiger partial charge in [-0.25, -0.2) is 4.98 Å². The maximum Gasteiger partial charge on any atom is 0.262 e. The first-order chi connectivity index (χ1) is 17.5. The highest BCUT2D eigenvalue weighted by Gasteiger charge is 2.22. The van der Waals surface area contributed by atoms with Gasteiger partial charge in [-0.05, 0) is 68.1 Å². The Labute approximate surface area is 218 Å². The van der Waals surface area contributed by atoms with Crippen molar-refractivity contribution in [1.29, 1.82) is 0 Å². The number of nitrogens with zero attached hydrogens (tertiary/aromatic N) is 2. The Morgan fingerprint density at radius 2 is 1.81 bits per heavy atom. The Hall–Kier alpha value is -2.68. The van der Waals surface area contributed by atoms with Crippen LogP contribution in [0.3, 0.4) is 0 Å². The lowest BCUT2D eigenvalue weighted by molar-refractivity contribution is 0.0935. The Kier molecular flexibility index (Phi) is 7.74. The molecule has 36 heavy (non-hydrogen) atoms. The lowest BCUT2D eigenvalue weighted by Crippen LogP contribution is -2.32. The van der Waals surface area contributed by atoms with Crippen molar-refractivity contribution in [3.05, 3.63) is 69.0 Å². The first kappa shape index (κ1) is 25.0. The van der Waals surface area contributed by atoms with Gasteiger partial charge in [0.05, 0.1) is 29.3 Å². The lowest BCUT2D eigenvalue weighted by Gasteiger charge is -2.17. The number of benzene rings is 2. The van der Waals surface area contributed by atoms with Crippen molar-refractivity contribution in [2.24, 2.45) is 0 Å². The average Bonchev–Trinajstić information content (AvgIpc) is 3.59. The van der Waals surface area contributed by atoms with E-state index in [9.17, 15) is 14.4 Å². The summed E-state index contributed by atoms with van der Waals surface area (Å²) >= 11 is 7.16. The quantitative estimate of drug-likeness (QED) is 0.256. The van der Waals surface area contributed by atoms with E-state index in [1.54, 1.807) is 47.0 Å². The molecule has 0 bridgehead atoms. The Morgan fingerprint density at radius 1 is 1.06 bits per heavy atom. The van der Waals surface area contributed by atoms with Crippen molar-refractivity contribution in [3.63, 3.8) is 0 Å². The minimum Gasteiger partial charge on any atom is -0.376 e. The molecular weight excluding hydrogens is 498 g/mol. The molecule has 0 spiro atoms. The number of nitrogens with one attached hydrogen (secondary N) is 1. The maximum absolute atomic E-state index is 13.5. The van der Waals surface area contributed by atoms with E-state index >= 15 is 0 Å². The SMILES string of the molecule is O=C(CSc1nc2cc(C(=O)NC3CCCC3)ccc2c(=O)n1C[C@@H]1CCCO1)c1ccc(Cl)cc1. The summed E-state index contributed by atoms with van der Waals surface area (Å²) in [4.78, 5) is 43.8. The van der Waals surface area contributed by atoms with Crippen molar-refractivity contribution >= 4 is 46.0 Å². The molecule has 1 atom stereocenters. The molecule has 1 amide bonds. The number of amides is 1. The van der Waals surface area contributed by atoms with E-state index < -0.39 is 0 Å². The topological polar surface area (TPSA) is 90.3 Å². The fourth-order valence-electron chi connectivity index (χ4n) is 4.79. The molecular formula is C27H28ClN3O4S. The first-order valence-electron chi connectivity index (χ1n) is 12.4. The largest absolute Gasteiger partial charge is 0.376 e. The van der Waals surface area contributed by atoms with Gasteiger partial charge in [0.25, 0.3) is 11.5 Å². The van der Waals surface area contributed by atoms with Crippen LogP contribution in [-0.4, -0.2) is 45.7 Å². The number of carbonyl (C=O) groups excluding carboxylic acids is 2. The monoisotopic (exact) mass is 525 g/mol. The van der Waals surface area contributed by atoms with E-state index in [0.717, 1.165) is 38.5 Å². The Balaban J connectivity index is 1.44. The van der Waals surface area contributed by atoms with Crippen molar-refractivity contribution in [3.8, 4) is 0 Å². The van der Waals surface area contributed by atoms with Crippen LogP contribution < -0.4 is 10.9 Å². The zero-order valence-electron chi connectivity index (χ0n) is 19.9. The highest BCUT2D eigenvalue weighted by atomic mass is 35.5. The van der Waals surface area contributed by atoms with Crippen LogP contribution in [0.1, 0.15) is 59.2 Å². The number of Topliss-reactive ketones (excluding diaryl/α,β-unsaturated/α-hetero) is 1. The number of halogens is 1. The predicted molar refractivity (Wildman–Crippen MR) is 141 cm³/mol. The molecule has 9 heteroatoms. The van der Waals surface area contributed by atoms with Crippen LogP contribution in [-0.2, 0) is 11.3 Å². The summed E-state index contributed by atoms with van der Waals surface area (Å²) in [5.74, 6) is -0.118. The first-order valence-corrected chi connectivity index (χ1v) is 13.7. The summed E-state index contributed by atoms with van der Waals surface area (Å²) < 4.78 is 7.38. The second-order valence-electron chi connectivity index (χ2n) is 9.35. The van der Waals surface area contributed by atoms with E-state index in [0.29, 0.717) is 45.4 Å². The van der Waals surface area contributed by atoms with Gasteiger partial charge in [0.2, 0.25) is 0 Å². The fraction of sp³-hybridized carbons (Fsp3) is 0.407. The molecule has 0 radical (unpaired) electrons. The average molecular weight is 526 g/mol. The van der Waals surface area contributed by atoms with Gasteiger partial charge in [-0.15, -0.1) is 0 Å². The van der Waals surface area contributed by atoms with Crippen LogP contribution >= 0.6 is 23.4 Å². The van der Waals surface area contributed by atoms with Crippen LogP contribution in [0, 0.1) is 0 Å². The number of carbonyl (C=O) groups is 2. The third-order valence-corrected chi connectivity index (χ3v) is 8.01. The van der Waals surface area contributed by atoms with Gasteiger partial charge >= 0.3 is 0 Å². The minimum absolute atomic E-state index is 0.0651. The number of hydrogen-bond acceptors (Lipinski definition) is 6. The van der Waals surface area contributed by atoms with Crippen molar-refractivity contribution in [2.75, 3.05) is 12.4 Å². The molecule has 1 N–H and O–H groups in total. The molecule has 1 saturated carbocycles. The van der Waals surface area contributed by atoms with Gasteiger partial charge in [-0.2, -0.15) is 0 Å². The van der Waals surface area contributed by atoms with Crippen LogP contribution in [0.4, 0.5) is 0 Å². The number of rotatable bonds is 8. The summed E-state index contributed by atoms with van der Waals surface area (Å²) in [6.07, 6.45) is 6.01. The second-order valence-corrected chi connectivity index (χ2v) is 10.7. The standard InChI is InChI=1S/C27H28ClN3O4S/c28-19-10-7-17(8-11-19)24(32)16-36-27-30-23-14-18(25(33)29-20-4-1-2-5-20)9-12-22(23)26(34)31(27)15-21-6-3-13-35-21/h7-12,14,20-21H,1-6,13,15-16H2,(H,29,33)/t21-/m0/s1. The molecule has 2 aliphatic rings. The van der Waals surface area contributed by atoms with Crippen molar-refractivity contribution in [2.45, 2.75) is 62.4 Å². The van der Waals surface area contributed by atoms with Gasteiger partial charge in [-0.3, -0.25) is 19.0 Å². The molecule has 2 aromatic carbocycles. The van der Waals surface area contributed by atoms with E-state index in [4.69, 9.17) is 21.3 Å². The number of hydrogen-bond donors (Lipinski definition) is 1. The smallest absolute Gasteiger partial charge is 0.262 e. The van der Waals surface area contributed by atoms with Crippen molar-refractivity contribution < 1.29 is 14.3 Å². The zero-order chi connectivity index (χ0) is 25.1. The van der Waals surface area contributed by atoms with Gasteiger partial charge in [0.1, 0.15) is 0 Å². The summed E-state index contributed by atoms with van der Waals surface area (Å²) in [6, 6.07) is 12.0. The summed E-state index contributed by atoms with van der Waals surface area (Å²) in [6.45, 7) is 1.06. The second kappa shape index (κ2) is 11.2. The minimum atomic E-state index is -0.195. The van der Waals surface area contributed by atoms with E-state index in [1.165, 1.54) is 11.8 Å². The van der Waals surface area contributed by atoms with Crippen LogP contribution in [0.2, 0.25) is 5.02 Å². The third kappa shape index (κ3) is 5.66. The van der Waals surface area contributed by atoms with E-state index in [1.807, 2.05) is 0 Å². The van der Waals surface area contributed by atoms with Gasteiger partial charge in [0, 0.05) is 28.8 Å². The Bertz CT molecular complexity index is 1330. The van der Waals surface area contributed by atoms with Crippen LogP contribution in [0.25, 0.3) is 10.9 Å². The normalized spacial score (nSPS) is 18.1.